The van der Waals surface area contributed by atoms with Gasteiger partial charge in [-0.2, -0.15) is 0 Å². The summed E-state index contributed by atoms with van der Waals surface area (Å²) in [5.74, 6) is 0.279. The number of aromatic nitrogens is 1. The second-order valence-corrected chi connectivity index (χ2v) is 4.79. The normalized spacial score (nSPS) is 10.3. The molecular weight excluding hydrogens is 248 g/mol. The predicted octanol–water partition coefficient (Wildman–Crippen LogP) is 2.89. The molecule has 0 saturated carbocycles. The standard InChI is InChI=1S/C13H14N2O2S/c1-9-7-13(17-15-9)14-12(16)8-10-3-5-11(18-2)6-4-10/h3-7H,8H2,1-2H3,(H,14,16). The fraction of sp³-hybridized carbons (Fsp3) is 0.231. The lowest BCUT2D eigenvalue weighted by Crippen LogP contribution is -2.13. The van der Waals surface area contributed by atoms with Crippen LogP contribution < -0.4 is 5.32 Å². The van der Waals surface area contributed by atoms with Crippen molar-refractivity contribution in [1.82, 2.24) is 5.16 Å². The Kier molecular flexibility index (Phi) is 4.04. The van der Waals surface area contributed by atoms with Gasteiger partial charge in [-0.3, -0.25) is 10.1 Å². The van der Waals surface area contributed by atoms with Crippen molar-refractivity contribution in [3.63, 3.8) is 0 Å². The molecule has 0 aliphatic heterocycles. The third-order valence-corrected chi connectivity index (χ3v) is 3.16. The number of rotatable bonds is 4. The summed E-state index contributed by atoms with van der Waals surface area (Å²) < 4.78 is 4.92. The zero-order chi connectivity index (χ0) is 13.0. The number of carbonyl (C=O) groups is 1. The molecule has 18 heavy (non-hydrogen) atoms. The van der Waals surface area contributed by atoms with Gasteiger partial charge in [0.05, 0.1) is 12.1 Å². The zero-order valence-corrected chi connectivity index (χ0v) is 11.1. The molecule has 0 aliphatic rings. The maximum Gasteiger partial charge on any atom is 0.231 e. The number of carbonyl (C=O) groups excluding carboxylic acids is 1. The van der Waals surface area contributed by atoms with Gasteiger partial charge < -0.3 is 4.52 Å². The van der Waals surface area contributed by atoms with Gasteiger partial charge in [0.1, 0.15) is 0 Å². The van der Waals surface area contributed by atoms with Crippen molar-refractivity contribution in [2.45, 2.75) is 18.2 Å². The number of nitrogens with zero attached hydrogens (tertiary/aromatic N) is 1. The van der Waals surface area contributed by atoms with Gasteiger partial charge in [0.2, 0.25) is 11.8 Å². The van der Waals surface area contributed by atoms with Crippen molar-refractivity contribution in [2.75, 3.05) is 11.6 Å². The number of benzene rings is 1. The van der Waals surface area contributed by atoms with Crippen LogP contribution in [0.15, 0.2) is 39.8 Å². The first-order valence-electron chi connectivity index (χ1n) is 5.53. The van der Waals surface area contributed by atoms with Gasteiger partial charge in [0.25, 0.3) is 0 Å². The summed E-state index contributed by atoms with van der Waals surface area (Å²) in [4.78, 5) is 12.9. The molecule has 1 aromatic heterocycles. The van der Waals surface area contributed by atoms with E-state index in [-0.39, 0.29) is 5.91 Å². The molecule has 0 radical (unpaired) electrons. The molecule has 94 valence electrons. The topological polar surface area (TPSA) is 55.1 Å². The van der Waals surface area contributed by atoms with E-state index in [1.807, 2.05) is 30.5 Å². The van der Waals surface area contributed by atoms with Crippen LogP contribution in [0.5, 0.6) is 0 Å². The Morgan fingerprint density at radius 2 is 2.11 bits per heavy atom. The lowest BCUT2D eigenvalue weighted by molar-refractivity contribution is -0.115. The van der Waals surface area contributed by atoms with E-state index >= 15 is 0 Å². The van der Waals surface area contributed by atoms with E-state index in [1.165, 1.54) is 4.90 Å². The van der Waals surface area contributed by atoms with Crippen LogP contribution in [0.3, 0.4) is 0 Å². The molecule has 0 bridgehead atoms. The maximum absolute atomic E-state index is 11.7. The Balaban J connectivity index is 1.94. The highest BCUT2D eigenvalue weighted by atomic mass is 32.2. The van der Waals surface area contributed by atoms with Crippen molar-refractivity contribution < 1.29 is 9.32 Å². The lowest BCUT2D eigenvalue weighted by Gasteiger charge is -2.02. The Labute approximate surface area is 110 Å². The number of amides is 1. The Hall–Kier alpha value is -1.75. The summed E-state index contributed by atoms with van der Waals surface area (Å²) >= 11 is 1.68. The molecule has 0 aliphatic carbocycles. The second-order valence-electron chi connectivity index (χ2n) is 3.91. The van der Waals surface area contributed by atoms with E-state index in [1.54, 1.807) is 24.8 Å². The van der Waals surface area contributed by atoms with Gasteiger partial charge in [-0.05, 0) is 30.9 Å². The summed E-state index contributed by atoms with van der Waals surface area (Å²) in [5, 5.41) is 6.37. The minimum atomic E-state index is -0.108. The molecule has 0 fully saturated rings. The average Bonchev–Trinajstić information content (AvgIpc) is 2.75. The molecule has 0 atom stereocenters. The summed E-state index contributed by atoms with van der Waals surface area (Å²) in [6.45, 7) is 1.81. The third kappa shape index (κ3) is 3.37. The van der Waals surface area contributed by atoms with Crippen LogP contribution in [-0.2, 0) is 11.2 Å². The number of anilines is 1. The maximum atomic E-state index is 11.7. The molecule has 2 aromatic rings. The fourth-order valence-electron chi connectivity index (χ4n) is 1.53. The Morgan fingerprint density at radius 1 is 1.39 bits per heavy atom. The van der Waals surface area contributed by atoms with Gasteiger partial charge in [-0.1, -0.05) is 17.3 Å². The molecule has 5 heteroatoms. The first-order chi connectivity index (χ1) is 8.67. The summed E-state index contributed by atoms with van der Waals surface area (Å²) in [5.41, 5.74) is 1.72. The van der Waals surface area contributed by atoms with Crippen LogP contribution in [-0.4, -0.2) is 17.3 Å². The first kappa shape index (κ1) is 12.7. The van der Waals surface area contributed by atoms with Crippen LogP contribution >= 0.6 is 11.8 Å². The predicted molar refractivity (Wildman–Crippen MR) is 71.8 cm³/mol. The van der Waals surface area contributed by atoms with E-state index < -0.39 is 0 Å². The quantitative estimate of drug-likeness (QED) is 0.861. The molecule has 0 saturated heterocycles. The molecule has 1 amide bonds. The second kappa shape index (κ2) is 5.73. The van der Waals surface area contributed by atoms with Gasteiger partial charge in [-0.25, -0.2) is 0 Å². The largest absolute Gasteiger partial charge is 0.338 e. The summed E-state index contributed by atoms with van der Waals surface area (Å²) in [7, 11) is 0. The first-order valence-corrected chi connectivity index (χ1v) is 6.76. The van der Waals surface area contributed by atoms with Crippen molar-refractivity contribution >= 4 is 23.6 Å². The molecule has 1 N–H and O–H groups in total. The zero-order valence-electron chi connectivity index (χ0n) is 10.3. The summed E-state index contributed by atoms with van der Waals surface area (Å²) in [6, 6.07) is 9.61. The minimum Gasteiger partial charge on any atom is -0.338 e. The van der Waals surface area contributed by atoms with Crippen LogP contribution in [0, 0.1) is 6.92 Å². The van der Waals surface area contributed by atoms with Crippen LogP contribution in [0.2, 0.25) is 0 Å². The van der Waals surface area contributed by atoms with Crippen LogP contribution in [0.1, 0.15) is 11.3 Å². The van der Waals surface area contributed by atoms with Crippen LogP contribution in [0.4, 0.5) is 5.88 Å². The smallest absolute Gasteiger partial charge is 0.231 e. The van der Waals surface area contributed by atoms with Gasteiger partial charge in [-0.15, -0.1) is 11.8 Å². The highest BCUT2D eigenvalue weighted by Crippen LogP contribution is 2.15. The minimum absolute atomic E-state index is 0.108. The lowest BCUT2D eigenvalue weighted by atomic mass is 10.1. The van der Waals surface area contributed by atoms with E-state index in [0.717, 1.165) is 11.3 Å². The van der Waals surface area contributed by atoms with Crippen molar-refractivity contribution in [1.29, 1.82) is 0 Å². The average molecular weight is 262 g/mol. The number of aryl methyl sites for hydroxylation is 1. The molecule has 2 rings (SSSR count). The molecule has 0 spiro atoms. The third-order valence-electron chi connectivity index (χ3n) is 2.41. The highest BCUT2D eigenvalue weighted by molar-refractivity contribution is 7.98. The van der Waals surface area contributed by atoms with Crippen molar-refractivity contribution in [3.8, 4) is 0 Å². The number of nitrogens with one attached hydrogen (secondary N) is 1. The molecule has 1 heterocycles. The highest BCUT2D eigenvalue weighted by Gasteiger charge is 2.07. The monoisotopic (exact) mass is 262 g/mol. The Morgan fingerprint density at radius 3 is 2.67 bits per heavy atom. The molecular formula is C13H14N2O2S. The van der Waals surface area contributed by atoms with E-state index in [2.05, 4.69) is 10.5 Å². The molecule has 4 nitrogen and oxygen atoms in total. The van der Waals surface area contributed by atoms with Crippen molar-refractivity contribution in [3.05, 3.63) is 41.6 Å². The Bertz CT molecular complexity index is 534. The van der Waals surface area contributed by atoms with Gasteiger partial charge >= 0.3 is 0 Å². The molecule has 0 unspecified atom stereocenters. The van der Waals surface area contributed by atoms with Crippen molar-refractivity contribution in [2.24, 2.45) is 0 Å². The van der Waals surface area contributed by atoms with E-state index in [4.69, 9.17) is 4.52 Å². The summed E-state index contributed by atoms with van der Waals surface area (Å²) in [6.07, 6.45) is 2.35. The van der Waals surface area contributed by atoms with Crippen LogP contribution in [0.25, 0.3) is 0 Å². The molecule has 1 aromatic carbocycles. The number of hydrogen-bond acceptors (Lipinski definition) is 4. The van der Waals surface area contributed by atoms with Gasteiger partial charge in [0, 0.05) is 11.0 Å². The van der Waals surface area contributed by atoms with E-state index in [9.17, 15) is 4.79 Å². The number of hydrogen-bond donors (Lipinski definition) is 1. The van der Waals surface area contributed by atoms with Gasteiger partial charge in [0.15, 0.2) is 0 Å². The SMILES string of the molecule is CSc1ccc(CC(=O)Nc2cc(C)no2)cc1. The fourth-order valence-corrected chi connectivity index (χ4v) is 1.94. The van der Waals surface area contributed by atoms with E-state index in [0.29, 0.717) is 12.3 Å². The number of thioether (sulfide) groups is 1.